The lowest BCUT2D eigenvalue weighted by atomic mass is 10.2. The van der Waals surface area contributed by atoms with E-state index in [0.29, 0.717) is 3.79 Å². The van der Waals surface area contributed by atoms with E-state index in [4.69, 9.17) is 16.9 Å². The normalized spacial score (nSPS) is 11.0. The van der Waals surface area contributed by atoms with Crippen LogP contribution in [0.1, 0.15) is 5.56 Å². The second-order valence-corrected chi connectivity index (χ2v) is 7.80. The van der Waals surface area contributed by atoms with Gasteiger partial charge in [0.25, 0.3) is 10.0 Å². The molecule has 2 aromatic rings. The molecule has 0 radical (unpaired) electrons. The number of anilines is 1. The number of thiazole rings is 1. The third kappa shape index (κ3) is 3.25. The molecule has 2 rings (SSSR count). The van der Waals surface area contributed by atoms with Crippen molar-refractivity contribution in [3.8, 4) is 6.07 Å². The van der Waals surface area contributed by atoms with E-state index in [-0.39, 0.29) is 20.6 Å². The summed E-state index contributed by atoms with van der Waals surface area (Å²) in [6, 6.07) is 5.89. The van der Waals surface area contributed by atoms with Gasteiger partial charge in [-0.25, -0.2) is 13.4 Å². The summed E-state index contributed by atoms with van der Waals surface area (Å²) in [5, 5.41) is 9.04. The minimum absolute atomic E-state index is 0.0436. The SMILES string of the molecule is N#Cc1ccc(Cl)c(S(=O)(=O)Nc2ncc(Br)s2)c1. The molecule has 1 N–H and O–H groups in total. The number of sulfonamides is 1. The summed E-state index contributed by atoms with van der Waals surface area (Å²) in [5.41, 5.74) is 0.213. The molecule has 5 nitrogen and oxygen atoms in total. The molecule has 98 valence electrons. The van der Waals surface area contributed by atoms with E-state index in [0.717, 1.165) is 11.3 Å². The molecule has 0 aliphatic carbocycles. The highest BCUT2D eigenvalue weighted by Crippen LogP contribution is 2.28. The highest BCUT2D eigenvalue weighted by molar-refractivity contribution is 9.11. The Morgan fingerprint density at radius 2 is 2.21 bits per heavy atom. The molecule has 0 amide bonds. The number of hydrogen-bond donors (Lipinski definition) is 1. The Balaban J connectivity index is 2.42. The fraction of sp³-hybridized carbons (Fsp3) is 0. The minimum Gasteiger partial charge on any atom is -0.255 e. The van der Waals surface area contributed by atoms with Gasteiger partial charge in [-0.15, -0.1) is 0 Å². The number of aromatic nitrogens is 1. The topological polar surface area (TPSA) is 82.8 Å². The van der Waals surface area contributed by atoms with Crippen molar-refractivity contribution in [1.82, 2.24) is 4.98 Å². The van der Waals surface area contributed by atoms with Gasteiger partial charge in [-0.2, -0.15) is 5.26 Å². The summed E-state index contributed by atoms with van der Waals surface area (Å²) >= 11 is 10.2. The molecular weight excluding hydrogens is 374 g/mol. The predicted molar refractivity (Wildman–Crippen MR) is 76.8 cm³/mol. The van der Waals surface area contributed by atoms with Gasteiger partial charge in [0.15, 0.2) is 5.13 Å². The fourth-order valence-corrected chi connectivity index (χ4v) is 4.13. The Hall–Kier alpha value is -1.14. The van der Waals surface area contributed by atoms with E-state index < -0.39 is 10.0 Å². The first-order valence-electron chi connectivity index (χ1n) is 4.76. The van der Waals surface area contributed by atoms with E-state index in [2.05, 4.69) is 25.6 Å². The maximum atomic E-state index is 12.1. The van der Waals surface area contributed by atoms with Gasteiger partial charge in [-0.05, 0) is 34.1 Å². The van der Waals surface area contributed by atoms with Crippen molar-refractivity contribution in [1.29, 1.82) is 5.26 Å². The maximum Gasteiger partial charge on any atom is 0.265 e. The highest BCUT2D eigenvalue weighted by Gasteiger charge is 2.20. The molecule has 19 heavy (non-hydrogen) atoms. The zero-order valence-corrected chi connectivity index (χ0v) is 13.1. The molecule has 0 spiro atoms. The molecule has 0 saturated heterocycles. The van der Waals surface area contributed by atoms with E-state index in [1.54, 1.807) is 0 Å². The quantitative estimate of drug-likeness (QED) is 0.889. The van der Waals surface area contributed by atoms with Crippen molar-refractivity contribution in [2.24, 2.45) is 0 Å². The second kappa shape index (κ2) is 5.46. The van der Waals surface area contributed by atoms with Gasteiger partial charge < -0.3 is 0 Å². The number of benzene rings is 1. The Morgan fingerprint density at radius 1 is 1.47 bits per heavy atom. The average Bonchev–Trinajstić information content (AvgIpc) is 2.74. The lowest BCUT2D eigenvalue weighted by Gasteiger charge is -2.07. The number of hydrogen-bond acceptors (Lipinski definition) is 5. The third-order valence-electron chi connectivity index (χ3n) is 2.05. The van der Waals surface area contributed by atoms with Crippen LogP contribution in [0.4, 0.5) is 5.13 Å². The number of halogens is 2. The summed E-state index contributed by atoms with van der Waals surface area (Å²) in [5.74, 6) is 0. The van der Waals surface area contributed by atoms with Crippen molar-refractivity contribution in [3.63, 3.8) is 0 Å². The Bertz CT molecular complexity index is 767. The molecule has 0 fully saturated rings. The van der Waals surface area contributed by atoms with Crippen molar-refractivity contribution >= 4 is 54.0 Å². The van der Waals surface area contributed by atoms with Crippen molar-refractivity contribution in [2.45, 2.75) is 4.90 Å². The number of nitriles is 1. The van der Waals surface area contributed by atoms with Crippen LogP contribution in [0.25, 0.3) is 0 Å². The van der Waals surface area contributed by atoms with Gasteiger partial charge in [0, 0.05) is 0 Å². The maximum absolute atomic E-state index is 12.1. The fourth-order valence-electron chi connectivity index (χ4n) is 1.25. The molecule has 0 unspecified atom stereocenters. The number of nitrogens with one attached hydrogen (secondary N) is 1. The summed E-state index contributed by atoms with van der Waals surface area (Å²) in [6.07, 6.45) is 1.48. The standard InChI is InChI=1S/C10H5BrClN3O2S2/c11-9-5-14-10(18-9)15-19(16,17)8-3-6(4-13)1-2-7(8)12/h1-3,5H,(H,14,15). The molecule has 0 aliphatic heterocycles. The number of rotatable bonds is 3. The van der Waals surface area contributed by atoms with E-state index in [9.17, 15) is 8.42 Å². The first kappa shape index (κ1) is 14.3. The van der Waals surface area contributed by atoms with Crippen molar-refractivity contribution < 1.29 is 8.42 Å². The van der Waals surface area contributed by atoms with Crippen LogP contribution in [0, 0.1) is 11.3 Å². The molecule has 1 aromatic carbocycles. The molecule has 0 bridgehead atoms. The average molecular weight is 379 g/mol. The van der Waals surface area contributed by atoms with E-state index in [1.807, 2.05) is 6.07 Å². The highest BCUT2D eigenvalue weighted by atomic mass is 79.9. The summed E-state index contributed by atoms with van der Waals surface area (Å²) < 4.78 is 27.3. The summed E-state index contributed by atoms with van der Waals surface area (Å²) in [4.78, 5) is 3.72. The van der Waals surface area contributed by atoms with Gasteiger partial charge in [-0.3, -0.25) is 4.72 Å². The van der Waals surface area contributed by atoms with Crippen LogP contribution < -0.4 is 4.72 Å². The third-order valence-corrected chi connectivity index (χ3v) is 5.39. The van der Waals surface area contributed by atoms with Gasteiger partial charge in [0.1, 0.15) is 4.90 Å². The van der Waals surface area contributed by atoms with Gasteiger partial charge in [-0.1, -0.05) is 22.9 Å². The van der Waals surface area contributed by atoms with Gasteiger partial charge in [0.05, 0.1) is 26.6 Å². The molecule has 0 saturated carbocycles. The smallest absolute Gasteiger partial charge is 0.255 e. The molecule has 0 aliphatic rings. The van der Waals surface area contributed by atoms with Crippen molar-refractivity contribution in [2.75, 3.05) is 4.72 Å². The Labute approximate surface area is 127 Å². The van der Waals surface area contributed by atoms with E-state index in [1.165, 1.54) is 24.4 Å². The van der Waals surface area contributed by atoms with Gasteiger partial charge in [0.2, 0.25) is 0 Å². The Kier molecular flexibility index (Phi) is 4.10. The lowest BCUT2D eigenvalue weighted by Crippen LogP contribution is -2.13. The van der Waals surface area contributed by atoms with E-state index >= 15 is 0 Å². The van der Waals surface area contributed by atoms with Crippen LogP contribution in [-0.4, -0.2) is 13.4 Å². The predicted octanol–water partition coefficient (Wildman–Crippen LogP) is 3.23. The molecule has 9 heteroatoms. The van der Waals surface area contributed by atoms with Crippen LogP contribution in [0.3, 0.4) is 0 Å². The number of nitrogens with zero attached hydrogens (tertiary/aromatic N) is 2. The first-order valence-corrected chi connectivity index (χ1v) is 8.23. The van der Waals surface area contributed by atoms with Gasteiger partial charge >= 0.3 is 0 Å². The van der Waals surface area contributed by atoms with Crippen molar-refractivity contribution in [3.05, 3.63) is 38.8 Å². The summed E-state index contributed by atoms with van der Waals surface area (Å²) in [7, 11) is -3.87. The van der Waals surface area contributed by atoms with Crippen LogP contribution in [0.15, 0.2) is 33.1 Å². The molecule has 0 atom stereocenters. The lowest BCUT2D eigenvalue weighted by molar-refractivity contribution is 0.601. The second-order valence-electron chi connectivity index (χ2n) is 3.33. The Morgan fingerprint density at radius 3 is 2.79 bits per heavy atom. The molecule has 1 heterocycles. The zero-order chi connectivity index (χ0) is 14.0. The van der Waals surface area contributed by atoms with Crippen LogP contribution >= 0.6 is 38.9 Å². The molecule has 1 aromatic heterocycles. The largest absolute Gasteiger partial charge is 0.265 e. The zero-order valence-electron chi connectivity index (χ0n) is 9.09. The minimum atomic E-state index is -3.87. The monoisotopic (exact) mass is 377 g/mol. The van der Waals surface area contributed by atoms with Crippen LogP contribution in [0.2, 0.25) is 5.02 Å². The van der Waals surface area contributed by atoms with Crippen LogP contribution in [-0.2, 0) is 10.0 Å². The summed E-state index contributed by atoms with van der Waals surface area (Å²) in [6.45, 7) is 0. The first-order chi connectivity index (χ1) is 8.92. The van der Waals surface area contributed by atoms with Crippen LogP contribution in [0.5, 0.6) is 0 Å². The molecular formula is C10H5BrClN3O2S2.